The smallest absolute Gasteiger partial charge is 0.271 e. The highest BCUT2D eigenvalue weighted by Gasteiger charge is 2.42. The number of carbonyl (C=O) groups is 1. The Balaban J connectivity index is 1.74. The van der Waals surface area contributed by atoms with Crippen molar-refractivity contribution in [3.8, 4) is 0 Å². The monoisotopic (exact) mass is 332 g/mol. The van der Waals surface area contributed by atoms with Crippen LogP contribution in [0.15, 0.2) is 53.7 Å². The van der Waals surface area contributed by atoms with Crippen LogP contribution in [0.4, 0.5) is 10.1 Å². The lowest BCUT2D eigenvalue weighted by Gasteiger charge is -2.20. The van der Waals surface area contributed by atoms with Crippen molar-refractivity contribution in [2.24, 2.45) is 5.16 Å². The minimum absolute atomic E-state index is 0.276. The van der Waals surface area contributed by atoms with Gasteiger partial charge < -0.3 is 10.2 Å². The molecule has 1 heterocycles. The fourth-order valence-corrected chi connectivity index (χ4v) is 2.58. The molecule has 0 fully saturated rings. The lowest BCUT2D eigenvalue weighted by molar-refractivity contribution is -0.135. The van der Waals surface area contributed by atoms with Gasteiger partial charge in [-0.25, -0.2) is 4.39 Å². The summed E-state index contributed by atoms with van der Waals surface area (Å²) in [5.41, 5.74) is 0.538. The van der Waals surface area contributed by atoms with E-state index in [1.54, 1.807) is 19.1 Å². The predicted molar refractivity (Wildman–Crippen MR) is 87.1 cm³/mol. The lowest BCUT2D eigenvalue weighted by atomic mass is 9.95. The summed E-state index contributed by atoms with van der Waals surface area (Å²) in [5.74, 6) is -0.817. The topological polar surface area (TPSA) is 50.7 Å². The quantitative estimate of drug-likeness (QED) is 0.923. The molecule has 0 aromatic heterocycles. The Labute approximate surface area is 137 Å². The summed E-state index contributed by atoms with van der Waals surface area (Å²) in [6.07, 6.45) is 0.276. The first-order valence-corrected chi connectivity index (χ1v) is 7.43. The first kappa shape index (κ1) is 15.5. The van der Waals surface area contributed by atoms with E-state index in [4.69, 9.17) is 16.4 Å². The molecule has 4 nitrogen and oxygen atoms in total. The minimum Gasteiger partial charge on any atom is -0.379 e. The van der Waals surface area contributed by atoms with Crippen molar-refractivity contribution in [2.45, 2.75) is 18.9 Å². The normalized spacial score (nSPS) is 19.9. The molecule has 23 heavy (non-hydrogen) atoms. The van der Waals surface area contributed by atoms with Crippen LogP contribution in [-0.4, -0.2) is 17.2 Å². The summed E-state index contributed by atoms with van der Waals surface area (Å²) in [7, 11) is 0. The van der Waals surface area contributed by atoms with Crippen molar-refractivity contribution in [3.05, 3.63) is 64.9 Å². The zero-order valence-electron chi connectivity index (χ0n) is 12.3. The third-order valence-corrected chi connectivity index (χ3v) is 3.94. The van der Waals surface area contributed by atoms with Gasteiger partial charge in [0.2, 0.25) is 5.60 Å². The molecule has 0 unspecified atom stereocenters. The minimum atomic E-state index is -1.17. The van der Waals surface area contributed by atoms with Gasteiger partial charge in [0.25, 0.3) is 5.91 Å². The molecule has 1 aliphatic heterocycles. The van der Waals surface area contributed by atoms with Crippen molar-refractivity contribution >= 4 is 28.9 Å². The number of carbonyl (C=O) groups excluding carboxylic acids is 1. The number of anilines is 1. The molecule has 6 heteroatoms. The highest BCUT2D eigenvalue weighted by atomic mass is 35.5. The maximum Gasteiger partial charge on any atom is 0.271 e. The van der Waals surface area contributed by atoms with Gasteiger partial charge in [-0.2, -0.15) is 0 Å². The van der Waals surface area contributed by atoms with E-state index < -0.39 is 17.3 Å². The van der Waals surface area contributed by atoms with Gasteiger partial charge in [0.05, 0.1) is 5.71 Å². The Morgan fingerprint density at radius 1 is 1.30 bits per heavy atom. The molecule has 1 amide bonds. The molecule has 2 aromatic carbocycles. The van der Waals surface area contributed by atoms with E-state index in [9.17, 15) is 9.18 Å². The summed E-state index contributed by atoms with van der Waals surface area (Å²) in [4.78, 5) is 17.8. The number of amides is 1. The van der Waals surface area contributed by atoms with Gasteiger partial charge in [-0.15, -0.1) is 0 Å². The molecule has 0 saturated carbocycles. The van der Waals surface area contributed by atoms with E-state index >= 15 is 0 Å². The van der Waals surface area contributed by atoms with E-state index in [1.807, 2.05) is 18.2 Å². The van der Waals surface area contributed by atoms with Gasteiger partial charge in [0.1, 0.15) is 5.82 Å². The van der Waals surface area contributed by atoms with Gasteiger partial charge in [-0.05, 0) is 31.2 Å². The molecule has 1 atom stereocenters. The van der Waals surface area contributed by atoms with Gasteiger partial charge in [0.15, 0.2) is 0 Å². The third-order valence-electron chi connectivity index (χ3n) is 3.61. The van der Waals surface area contributed by atoms with Crippen LogP contribution in [0.5, 0.6) is 0 Å². The Kier molecular flexibility index (Phi) is 4.05. The molecule has 118 valence electrons. The zero-order valence-corrected chi connectivity index (χ0v) is 13.1. The van der Waals surface area contributed by atoms with Crippen molar-refractivity contribution in [2.75, 3.05) is 5.32 Å². The fraction of sp³-hybridized carbons (Fsp3) is 0.176. The highest BCUT2D eigenvalue weighted by molar-refractivity contribution is 6.34. The SMILES string of the molecule is C[C@@]1(C(=O)Nc2cccc(F)c2)CC(c2ccccc2Cl)=NO1. The van der Waals surface area contributed by atoms with Crippen molar-refractivity contribution in [1.82, 2.24) is 0 Å². The van der Waals surface area contributed by atoms with Crippen LogP contribution in [0.25, 0.3) is 0 Å². The molecular weight excluding hydrogens is 319 g/mol. The number of nitrogens with zero attached hydrogens (tertiary/aromatic N) is 1. The predicted octanol–water partition coefficient (Wildman–Crippen LogP) is 4.00. The van der Waals surface area contributed by atoms with E-state index in [2.05, 4.69) is 10.5 Å². The first-order valence-electron chi connectivity index (χ1n) is 7.05. The molecule has 0 bridgehead atoms. The number of rotatable bonds is 3. The Bertz CT molecular complexity index is 794. The average molecular weight is 333 g/mol. The molecule has 1 N–H and O–H groups in total. The summed E-state index contributed by atoms with van der Waals surface area (Å²) in [6.45, 7) is 1.63. The largest absolute Gasteiger partial charge is 0.379 e. The summed E-state index contributed by atoms with van der Waals surface area (Å²) < 4.78 is 13.2. The second-order valence-corrected chi connectivity index (χ2v) is 5.89. The van der Waals surface area contributed by atoms with Gasteiger partial charge >= 0.3 is 0 Å². The second-order valence-electron chi connectivity index (χ2n) is 5.48. The maximum absolute atomic E-state index is 13.2. The molecule has 3 rings (SSSR count). The van der Waals surface area contributed by atoms with E-state index in [0.717, 1.165) is 5.56 Å². The Hall–Kier alpha value is -2.40. The number of halogens is 2. The lowest BCUT2D eigenvalue weighted by Crippen LogP contribution is -2.40. The molecule has 0 aliphatic carbocycles. The molecular formula is C17H14ClFN2O2. The Morgan fingerprint density at radius 3 is 2.83 bits per heavy atom. The zero-order chi connectivity index (χ0) is 16.4. The van der Waals surface area contributed by atoms with Crippen LogP contribution >= 0.6 is 11.6 Å². The van der Waals surface area contributed by atoms with Crippen molar-refractivity contribution < 1.29 is 14.0 Å². The molecule has 1 aliphatic rings. The van der Waals surface area contributed by atoms with Crippen LogP contribution in [0, 0.1) is 5.82 Å². The van der Waals surface area contributed by atoms with Gasteiger partial charge in [0, 0.05) is 22.7 Å². The first-order chi connectivity index (χ1) is 11.0. The summed E-state index contributed by atoms with van der Waals surface area (Å²) >= 11 is 6.15. The van der Waals surface area contributed by atoms with Crippen molar-refractivity contribution in [1.29, 1.82) is 0 Å². The van der Waals surface area contributed by atoms with E-state index in [1.165, 1.54) is 18.2 Å². The number of hydrogen-bond acceptors (Lipinski definition) is 3. The van der Waals surface area contributed by atoms with Crippen LogP contribution in [0.2, 0.25) is 5.02 Å². The standard InChI is InChI=1S/C17H14ClFN2O2/c1-17(16(22)20-12-6-4-5-11(19)9-12)10-15(21-23-17)13-7-2-3-8-14(13)18/h2-9H,10H2,1H3,(H,20,22)/t17-/m0/s1. The van der Waals surface area contributed by atoms with E-state index in [-0.39, 0.29) is 6.42 Å². The molecule has 0 saturated heterocycles. The molecule has 0 spiro atoms. The number of benzene rings is 2. The van der Waals surface area contributed by atoms with Gasteiger partial charge in [-0.1, -0.05) is 41.0 Å². The fourth-order valence-electron chi connectivity index (χ4n) is 2.33. The summed E-state index contributed by atoms with van der Waals surface area (Å²) in [6, 6.07) is 12.9. The number of nitrogens with one attached hydrogen (secondary N) is 1. The van der Waals surface area contributed by atoms with Gasteiger partial charge in [-0.3, -0.25) is 4.79 Å². The number of oxime groups is 1. The average Bonchev–Trinajstić information content (AvgIpc) is 2.91. The van der Waals surface area contributed by atoms with Crippen LogP contribution < -0.4 is 5.32 Å². The van der Waals surface area contributed by atoms with Crippen molar-refractivity contribution in [3.63, 3.8) is 0 Å². The highest BCUT2D eigenvalue weighted by Crippen LogP contribution is 2.30. The maximum atomic E-state index is 13.2. The number of hydrogen-bond donors (Lipinski definition) is 1. The van der Waals surface area contributed by atoms with Crippen LogP contribution in [0.3, 0.4) is 0 Å². The third kappa shape index (κ3) is 3.19. The molecule has 2 aromatic rings. The van der Waals surface area contributed by atoms with Crippen LogP contribution in [-0.2, 0) is 9.63 Å². The van der Waals surface area contributed by atoms with Crippen LogP contribution in [0.1, 0.15) is 18.9 Å². The molecule has 0 radical (unpaired) electrons. The summed E-state index contributed by atoms with van der Waals surface area (Å²) in [5, 5.41) is 7.19. The Morgan fingerprint density at radius 2 is 2.09 bits per heavy atom. The van der Waals surface area contributed by atoms with E-state index in [0.29, 0.717) is 16.4 Å². The second kappa shape index (κ2) is 6.01.